The second-order valence-corrected chi connectivity index (χ2v) is 22.7. The van der Waals surface area contributed by atoms with E-state index in [0.29, 0.717) is 24.2 Å². The number of nitriles is 1. The van der Waals surface area contributed by atoms with Gasteiger partial charge in [0.2, 0.25) is 0 Å². The molecule has 3 unspecified atom stereocenters. The number of aldehydes is 1. The number of nitrogens with one attached hydrogen (secondary N) is 4. The summed E-state index contributed by atoms with van der Waals surface area (Å²) in [6.45, 7) is 0.684. The summed E-state index contributed by atoms with van der Waals surface area (Å²) in [6.07, 6.45) is -43.1. The summed E-state index contributed by atoms with van der Waals surface area (Å²) in [7, 11) is 0. The molecule has 2 amide bonds. The molecular formula is C70H84F21N7O14. The summed E-state index contributed by atoms with van der Waals surface area (Å²) >= 11 is 0. The van der Waals surface area contributed by atoms with Gasteiger partial charge in [-0.15, -0.1) is 0 Å². The van der Waals surface area contributed by atoms with Crippen molar-refractivity contribution in [2.45, 2.75) is 196 Å². The number of aliphatic carboxylic acids is 4. The van der Waals surface area contributed by atoms with E-state index in [2.05, 4.69) is 10.6 Å². The van der Waals surface area contributed by atoms with Gasteiger partial charge >= 0.3 is 79.3 Å². The molecular weight excluding hydrogens is 1560 g/mol. The van der Waals surface area contributed by atoms with Crippen LogP contribution in [0.3, 0.4) is 0 Å². The van der Waals surface area contributed by atoms with Gasteiger partial charge in [0.05, 0.1) is 18.5 Å². The van der Waals surface area contributed by atoms with E-state index in [9.17, 15) is 126 Å². The number of carbonyl (C=O) groups excluding carboxylic acids is 3. The van der Waals surface area contributed by atoms with Gasteiger partial charge < -0.3 is 67.2 Å². The summed E-state index contributed by atoms with van der Waals surface area (Å²) < 4.78 is 255. The monoisotopic (exact) mass is 1650 g/mol. The number of nitrogens with two attached hydrogens (primary N) is 2. The molecule has 0 saturated heterocycles. The van der Waals surface area contributed by atoms with Crippen molar-refractivity contribution in [1.82, 2.24) is 21.3 Å². The highest BCUT2D eigenvalue weighted by atomic mass is 19.4. The average Bonchev–Trinajstić information content (AvgIpc) is 0.912. The lowest BCUT2D eigenvalue weighted by atomic mass is 10.1. The Morgan fingerprint density at radius 3 is 0.938 bits per heavy atom. The number of carbonyl (C=O) groups is 7. The maximum Gasteiger partial charge on any atom is 0.408 e. The first-order valence-corrected chi connectivity index (χ1v) is 32.6. The zero-order valence-corrected chi connectivity index (χ0v) is 59.0. The first-order chi connectivity index (χ1) is 51.8. The van der Waals surface area contributed by atoms with E-state index in [1.807, 2.05) is 83.4 Å². The van der Waals surface area contributed by atoms with Crippen molar-refractivity contribution in [3.63, 3.8) is 0 Å². The standard InChI is InChI=1S/2C13H14F3NO4.C12H13F3N2.C12H14F3NO2.C7H9N.C5H8F3NO2.C4H7F3O.C4H5F3O/c2*14-13(15,16)7-6-10(11(18)19)17-12(20)21-8-9-4-2-1-3-5-9;13-12(14,15)7-6-11(8-16)17-9-10-4-2-1-3-5-10;13-12(14,15)7-6-10(11(17)18)16-8-9-4-2-1-3-5-9;8-6-7-4-2-1-3-5-7;6-5(7,8)2-1-3(9)4(10)11;2*5-4(6,7)2-1-3-8/h2*1-5,10H,6-8H2,(H,17,20)(H,18,19);1-5,11,17H,6-7,9H2;1-5,10,16H,6-8H2,(H,17,18);1-5H,6,8H2;3H,1-2,9H2,(H,10,11);8H,1-3H2;3H,1-2H2/t2*10-;;;;;;/m10....../s1. The van der Waals surface area contributed by atoms with E-state index in [1.165, 1.54) is 5.56 Å². The topological polar surface area (TPSA) is 363 Å². The highest BCUT2D eigenvalue weighted by Crippen LogP contribution is 2.27. The second kappa shape index (κ2) is 57.1. The van der Waals surface area contributed by atoms with E-state index in [0.717, 1.165) is 11.1 Å². The summed E-state index contributed by atoms with van der Waals surface area (Å²) in [5.74, 6) is -5.77. The average molecular weight is 1650 g/mol. The predicted octanol–water partition coefficient (Wildman–Crippen LogP) is 15.7. The fourth-order valence-corrected chi connectivity index (χ4v) is 7.32. The summed E-state index contributed by atoms with van der Waals surface area (Å²) in [4.78, 5) is 74.4. The SMILES string of the molecule is N#CC(CCC(F)(F)F)NCc1ccccc1.NC(CCC(F)(F)F)C(=O)O.NCc1ccccc1.O=C(N[C@@H](CCC(F)(F)F)C(=O)O)OCc1ccccc1.O=C(N[C@H](CCC(F)(F)F)C(=O)O)OCc1ccccc1.O=C(O)C(CCC(F)(F)F)NCc1ccccc1.O=CCCC(F)(F)F.OCCCC(F)(F)F. The first-order valence-electron chi connectivity index (χ1n) is 32.6. The quantitative estimate of drug-likeness (QED) is 0.0145. The fraction of sp³-hybridized carbons (Fsp3) is 0.457. The van der Waals surface area contributed by atoms with Gasteiger partial charge in [-0.3, -0.25) is 14.9 Å². The third-order valence-electron chi connectivity index (χ3n) is 13.0. The Bertz CT molecular complexity index is 3290. The van der Waals surface area contributed by atoms with Gasteiger partial charge in [-0.2, -0.15) is 97.5 Å². The Balaban J connectivity index is -0.00000125. The molecule has 0 aliphatic rings. The molecule has 0 aromatic heterocycles. The molecule has 5 aromatic rings. The van der Waals surface area contributed by atoms with Crippen LogP contribution < -0.4 is 32.7 Å². The van der Waals surface area contributed by atoms with E-state index in [4.69, 9.17) is 51.7 Å². The summed E-state index contributed by atoms with van der Waals surface area (Å²) in [5.41, 5.74) is 14.5. The number of carboxylic acid groups (broad SMARTS) is 4. The molecule has 5 rings (SSSR count). The molecule has 21 nitrogen and oxygen atoms in total. The van der Waals surface area contributed by atoms with E-state index >= 15 is 0 Å². The van der Waals surface area contributed by atoms with Gasteiger partial charge in [-0.25, -0.2) is 19.2 Å². The number of amides is 2. The summed E-state index contributed by atoms with van der Waals surface area (Å²) in [5, 5.41) is 60.3. The molecule has 0 aliphatic carbocycles. The maximum atomic E-state index is 12.0. The van der Waals surface area contributed by atoms with Crippen LogP contribution in [0, 0.1) is 11.3 Å². The number of alkyl halides is 21. The number of alkyl carbamates (subject to hydrolysis) is 2. The van der Waals surface area contributed by atoms with Crippen LogP contribution in [-0.4, -0.2) is 148 Å². The number of nitrogens with zero attached hydrogens (tertiary/aromatic N) is 1. The number of hydrogen-bond donors (Lipinski definition) is 11. The van der Waals surface area contributed by atoms with E-state index in [-0.39, 0.29) is 45.5 Å². The molecule has 5 atom stereocenters. The number of rotatable bonds is 31. The lowest BCUT2D eigenvalue weighted by Gasteiger charge is -2.15. The molecule has 0 radical (unpaired) electrons. The molecule has 112 heavy (non-hydrogen) atoms. The molecule has 630 valence electrons. The van der Waals surface area contributed by atoms with Crippen LogP contribution >= 0.6 is 0 Å². The Morgan fingerprint density at radius 2 is 0.688 bits per heavy atom. The molecule has 0 heterocycles. The number of hydrogen-bond acceptors (Lipinski definition) is 15. The summed E-state index contributed by atoms with van der Waals surface area (Å²) in [6, 6.07) is 40.5. The van der Waals surface area contributed by atoms with Gasteiger partial charge in [-0.05, 0) is 66.3 Å². The van der Waals surface area contributed by atoms with Crippen LogP contribution in [0.2, 0.25) is 0 Å². The molecule has 0 bridgehead atoms. The highest BCUT2D eigenvalue weighted by molar-refractivity contribution is 5.80. The lowest BCUT2D eigenvalue weighted by molar-refractivity contribution is -0.147. The van der Waals surface area contributed by atoms with Crippen LogP contribution in [0.5, 0.6) is 0 Å². The smallest absolute Gasteiger partial charge is 0.408 e. The number of aliphatic hydroxyl groups is 1. The van der Waals surface area contributed by atoms with Crippen molar-refractivity contribution in [2.24, 2.45) is 11.5 Å². The Labute approximate surface area is 627 Å². The number of carboxylic acids is 4. The Kier molecular flexibility index (Phi) is 54.1. The molecule has 0 spiro atoms. The molecule has 0 aliphatic heterocycles. The lowest BCUT2D eigenvalue weighted by Crippen LogP contribution is -2.41. The van der Waals surface area contributed by atoms with Crippen molar-refractivity contribution in [1.29, 1.82) is 5.26 Å². The van der Waals surface area contributed by atoms with Gasteiger partial charge in [0, 0.05) is 71.2 Å². The number of aliphatic hydroxyl groups excluding tert-OH is 1. The van der Waals surface area contributed by atoms with E-state index in [1.54, 1.807) is 84.9 Å². The normalized spacial score (nSPS) is 12.6. The minimum absolute atomic E-state index is 0.0989. The van der Waals surface area contributed by atoms with Crippen LogP contribution in [0.4, 0.5) is 102 Å². The van der Waals surface area contributed by atoms with Crippen LogP contribution in [-0.2, 0) is 66.3 Å². The van der Waals surface area contributed by atoms with Crippen LogP contribution in [0.15, 0.2) is 152 Å². The van der Waals surface area contributed by atoms with Gasteiger partial charge in [0.15, 0.2) is 0 Å². The first kappa shape index (κ1) is 106. The third-order valence-corrected chi connectivity index (χ3v) is 13.0. The molecule has 0 fully saturated rings. The third kappa shape index (κ3) is 70.4. The number of halogens is 21. The van der Waals surface area contributed by atoms with Gasteiger partial charge in [-0.1, -0.05) is 152 Å². The molecule has 42 heteroatoms. The van der Waals surface area contributed by atoms with Crippen molar-refractivity contribution in [2.75, 3.05) is 6.61 Å². The molecule has 13 N–H and O–H groups in total. The van der Waals surface area contributed by atoms with Crippen LogP contribution in [0.1, 0.15) is 118 Å². The van der Waals surface area contributed by atoms with Gasteiger partial charge in [0.25, 0.3) is 0 Å². The molecule has 5 aromatic carbocycles. The van der Waals surface area contributed by atoms with Crippen molar-refractivity contribution in [3.05, 3.63) is 179 Å². The minimum Gasteiger partial charge on any atom is -0.480 e. The Morgan fingerprint density at radius 1 is 0.402 bits per heavy atom. The zero-order chi connectivity index (χ0) is 86.2. The largest absolute Gasteiger partial charge is 0.480 e. The van der Waals surface area contributed by atoms with Crippen molar-refractivity contribution < 1.29 is 161 Å². The predicted molar refractivity (Wildman–Crippen MR) is 360 cm³/mol. The van der Waals surface area contributed by atoms with Crippen molar-refractivity contribution in [3.8, 4) is 6.07 Å². The Hall–Kier alpha value is -9.99. The van der Waals surface area contributed by atoms with Crippen molar-refractivity contribution >= 4 is 42.3 Å². The van der Waals surface area contributed by atoms with Gasteiger partial charge in [0.1, 0.15) is 43.7 Å². The second-order valence-electron chi connectivity index (χ2n) is 22.7. The number of benzene rings is 5. The zero-order valence-electron chi connectivity index (χ0n) is 59.0. The maximum absolute atomic E-state index is 12.0. The van der Waals surface area contributed by atoms with E-state index < -0.39 is 187 Å². The highest BCUT2D eigenvalue weighted by Gasteiger charge is 2.35. The fourth-order valence-electron chi connectivity index (χ4n) is 7.32. The number of ether oxygens (including phenoxy) is 2. The minimum atomic E-state index is -4.48. The molecule has 0 saturated carbocycles. The van der Waals surface area contributed by atoms with Crippen LogP contribution in [0.25, 0.3) is 0 Å².